The van der Waals surface area contributed by atoms with Crippen LogP contribution in [0.2, 0.25) is 0 Å². The third-order valence-electron chi connectivity index (χ3n) is 5.69. The maximum absolute atomic E-state index is 13.4. The van der Waals surface area contributed by atoms with Crippen molar-refractivity contribution in [1.29, 1.82) is 0 Å². The Morgan fingerprint density at radius 3 is 1.95 bits per heavy atom. The first-order valence-electron chi connectivity index (χ1n) is 12.6. The lowest BCUT2D eigenvalue weighted by molar-refractivity contribution is 0.0477. The molecule has 3 aromatic rings. The van der Waals surface area contributed by atoms with E-state index < -0.39 is 17.7 Å². The smallest absolute Gasteiger partial charge is 0.342 e. The summed E-state index contributed by atoms with van der Waals surface area (Å²) in [5.74, 6) is -0.220. The molecule has 38 heavy (non-hydrogen) atoms. The van der Waals surface area contributed by atoms with Crippen molar-refractivity contribution in [3.63, 3.8) is 0 Å². The van der Waals surface area contributed by atoms with Gasteiger partial charge in [0.15, 0.2) is 23.0 Å². The first kappa shape index (κ1) is 26.9. The van der Waals surface area contributed by atoms with E-state index in [0.29, 0.717) is 39.5 Å². The van der Waals surface area contributed by atoms with Gasteiger partial charge in [-0.05, 0) is 76.8 Å². The summed E-state index contributed by atoms with van der Waals surface area (Å²) < 4.78 is 33.7. The van der Waals surface area contributed by atoms with Gasteiger partial charge in [-0.15, -0.1) is 0 Å². The Bertz CT molecular complexity index is 1370. The summed E-state index contributed by atoms with van der Waals surface area (Å²) in [6, 6.07) is 8.50. The molecule has 9 nitrogen and oxygen atoms in total. The van der Waals surface area contributed by atoms with E-state index in [-0.39, 0.29) is 48.7 Å². The van der Waals surface area contributed by atoms with Gasteiger partial charge in [0, 0.05) is 10.9 Å². The molecule has 9 heteroatoms. The lowest BCUT2D eigenvalue weighted by atomic mass is 9.88. The lowest BCUT2D eigenvalue weighted by Gasteiger charge is -2.21. The number of ether oxygens (including phenoxy) is 6. The average Bonchev–Trinajstić information content (AvgIpc) is 3.31. The second-order valence-corrected chi connectivity index (χ2v) is 9.16. The maximum atomic E-state index is 13.4. The molecule has 1 aliphatic rings. The minimum atomic E-state index is -0.854. The van der Waals surface area contributed by atoms with Gasteiger partial charge in [-0.2, -0.15) is 0 Å². The normalized spacial score (nSPS) is 12.2. The van der Waals surface area contributed by atoms with Crippen molar-refractivity contribution in [1.82, 2.24) is 0 Å². The zero-order valence-electron chi connectivity index (χ0n) is 22.4. The molecule has 0 spiro atoms. The number of carbonyl (C=O) groups excluding carboxylic acids is 2. The fourth-order valence-corrected chi connectivity index (χ4v) is 4.33. The number of hydrogen-bond donors (Lipinski definition) is 1. The number of esters is 2. The average molecular weight is 525 g/mol. The van der Waals surface area contributed by atoms with Crippen LogP contribution in [0, 0.1) is 0 Å². The monoisotopic (exact) mass is 524 g/mol. The van der Waals surface area contributed by atoms with Gasteiger partial charge in [-0.3, -0.25) is 0 Å². The number of carbonyl (C=O) groups is 2. The SMILES string of the molecule is CCOC(=O)c1c(C(=O)OCC)c(-c2ccc(OC(C)C)c(OC(C)C)c2)c2cc3c(cc2c1O)OCO3. The van der Waals surface area contributed by atoms with Gasteiger partial charge in [0.05, 0.1) is 31.0 Å². The first-order chi connectivity index (χ1) is 18.2. The highest BCUT2D eigenvalue weighted by Crippen LogP contribution is 2.48. The number of hydrogen-bond acceptors (Lipinski definition) is 9. The molecule has 0 bridgehead atoms. The van der Waals surface area contributed by atoms with Crippen LogP contribution in [0.15, 0.2) is 30.3 Å². The predicted octanol–water partition coefficient (Wildman–Crippen LogP) is 5.87. The summed E-state index contributed by atoms with van der Waals surface area (Å²) >= 11 is 0. The van der Waals surface area contributed by atoms with E-state index in [2.05, 4.69) is 0 Å². The molecule has 0 aliphatic carbocycles. The van der Waals surface area contributed by atoms with Crippen molar-refractivity contribution in [2.24, 2.45) is 0 Å². The summed E-state index contributed by atoms with van der Waals surface area (Å²) in [5, 5.41) is 12.1. The molecule has 4 rings (SSSR count). The van der Waals surface area contributed by atoms with E-state index in [4.69, 9.17) is 28.4 Å². The van der Waals surface area contributed by atoms with Crippen LogP contribution in [-0.2, 0) is 9.47 Å². The Kier molecular flexibility index (Phi) is 7.85. The first-order valence-corrected chi connectivity index (χ1v) is 12.6. The second kappa shape index (κ2) is 11.1. The molecule has 1 N–H and O–H groups in total. The standard InChI is InChI=1S/C29H32O9/c1-7-33-28(31)25-24(17-9-10-20(37-15(3)4)23(11-17)38-16(5)6)18-12-21-22(36-14-35-21)13-19(18)27(30)26(25)29(32)34-8-2/h9-13,15-16,30H,7-8,14H2,1-6H3. The Labute approximate surface area is 221 Å². The highest BCUT2D eigenvalue weighted by molar-refractivity contribution is 6.19. The number of rotatable bonds is 9. The fraction of sp³-hybridized carbons (Fsp3) is 0.379. The third kappa shape index (κ3) is 5.14. The van der Waals surface area contributed by atoms with Gasteiger partial charge >= 0.3 is 11.9 Å². The zero-order valence-corrected chi connectivity index (χ0v) is 22.4. The molecule has 0 unspecified atom stereocenters. The van der Waals surface area contributed by atoms with Crippen molar-refractivity contribution in [3.05, 3.63) is 41.5 Å². The molecule has 0 radical (unpaired) electrons. The summed E-state index contributed by atoms with van der Waals surface area (Å²) in [5.41, 5.74) is 0.471. The van der Waals surface area contributed by atoms with Crippen LogP contribution in [0.1, 0.15) is 62.3 Å². The van der Waals surface area contributed by atoms with E-state index in [1.165, 1.54) is 0 Å². The summed E-state index contributed by atoms with van der Waals surface area (Å²) in [6.07, 6.45) is -0.264. The van der Waals surface area contributed by atoms with Crippen LogP contribution in [-0.4, -0.2) is 49.3 Å². The molecule has 202 valence electrons. The molecule has 1 heterocycles. The van der Waals surface area contributed by atoms with Crippen LogP contribution in [0.3, 0.4) is 0 Å². The molecule has 0 aromatic heterocycles. The van der Waals surface area contributed by atoms with E-state index in [1.807, 2.05) is 27.7 Å². The topological polar surface area (TPSA) is 110 Å². The number of phenols is 1. The molecule has 0 saturated carbocycles. The van der Waals surface area contributed by atoms with Gasteiger partial charge in [0.25, 0.3) is 0 Å². The van der Waals surface area contributed by atoms with Crippen LogP contribution in [0.25, 0.3) is 21.9 Å². The minimum absolute atomic E-state index is 0.00479. The Morgan fingerprint density at radius 2 is 1.37 bits per heavy atom. The van der Waals surface area contributed by atoms with Gasteiger partial charge in [-0.1, -0.05) is 6.07 Å². The van der Waals surface area contributed by atoms with Crippen molar-refractivity contribution >= 4 is 22.7 Å². The van der Waals surface area contributed by atoms with E-state index in [1.54, 1.807) is 44.2 Å². The fourth-order valence-electron chi connectivity index (χ4n) is 4.33. The lowest BCUT2D eigenvalue weighted by Crippen LogP contribution is -2.16. The molecular weight excluding hydrogens is 492 g/mol. The summed E-state index contributed by atoms with van der Waals surface area (Å²) in [7, 11) is 0. The van der Waals surface area contributed by atoms with Crippen LogP contribution < -0.4 is 18.9 Å². The molecule has 1 aliphatic heterocycles. The Balaban J connectivity index is 2.12. The van der Waals surface area contributed by atoms with Crippen molar-refractivity contribution in [2.45, 2.75) is 53.8 Å². The number of phenolic OH excluding ortho intramolecular Hbond substituents is 1. The zero-order chi connectivity index (χ0) is 27.6. The Hall–Kier alpha value is -4.14. The minimum Gasteiger partial charge on any atom is -0.506 e. The maximum Gasteiger partial charge on any atom is 0.342 e. The quantitative estimate of drug-likeness (QED) is 0.344. The molecule has 0 atom stereocenters. The van der Waals surface area contributed by atoms with Gasteiger partial charge in [-0.25, -0.2) is 9.59 Å². The van der Waals surface area contributed by atoms with E-state index >= 15 is 0 Å². The van der Waals surface area contributed by atoms with Gasteiger partial charge in [0.1, 0.15) is 11.3 Å². The van der Waals surface area contributed by atoms with E-state index in [0.717, 1.165) is 0 Å². The molecule has 0 fully saturated rings. The van der Waals surface area contributed by atoms with Crippen molar-refractivity contribution in [3.8, 4) is 39.9 Å². The van der Waals surface area contributed by atoms with E-state index in [9.17, 15) is 14.7 Å². The Morgan fingerprint density at radius 1 is 0.816 bits per heavy atom. The van der Waals surface area contributed by atoms with Crippen molar-refractivity contribution < 1.29 is 43.1 Å². The molecule has 3 aromatic carbocycles. The van der Waals surface area contributed by atoms with Gasteiger partial charge in [0.2, 0.25) is 6.79 Å². The van der Waals surface area contributed by atoms with Gasteiger partial charge < -0.3 is 33.5 Å². The third-order valence-corrected chi connectivity index (χ3v) is 5.69. The molecular formula is C29H32O9. The summed E-state index contributed by atoms with van der Waals surface area (Å²) in [4.78, 5) is 26.6. The summed E-state index contributed by atoms with van der Waals surface area (Å²) in [6.45, 7) is 11.0. The number of aromatic hydroxyl groups is 1. The number of benzene rings is 3. The molecule has 0 saturated heterocycles. The highest BCUT2D eigenvalue weighted by Gasteiger charge is 2.32. The largest absolute Gasteiger partial charge is 0.506 e. The number of fused-ring (bicyclic) bond motifs is 2. The van der Waals surface area contributed by atoms with Crippen LogP contribution in [0.5, 0.6) is 28.7 Å². The van der Waals surface area contributed by atoms with Crippen molar-refractivity contribution in [2.75, 3.05) is 20.0 Å². The van der Waals surface area contributed by atoms with Crippen LogP contribution >= 0.6 is 0 Å². The van der Waals surface area contributed by atoms with Crippen LogP contribution in [0.4, 0.5) is 0 Å². The highest BCUT2D eigenvalue weighted by atomic mass is 16.7. The predicted molar refractivity (Wildman–Crippen MR) is 141 cm³/mol. The second-order valence-electron chi connectivity index (χ2n) is 9.16. The molecule has 0 amide bonds.